The first-order valence-electron chi connectivity index (χ1n) is 5.67. The third-order valence-electron chi connectivity index (χ3n) is 2.68. The molecule has 3 nitrogen and oxygen atoms in total. The predicted octanol–water partition coefficient (Wildman–Crippen LogP) is 3.08. The standard InChI is InChI=1S/C13H17N3S/c1-9-5-6-15-13(12(9)14)16-10(2)8-11-4-3-7-17-11/h3-7,10H,8,14H2,1-2H3,(H,15,16). The normalized spacial score (nSPS) is 12.4. The average Bonchev–Trinajstić information content (AvgIpc) is 2.77. The van der Waals surface area contributed by atoms with Crippen LogP contribution in [0.1, 0.15) is 17.4 Å². The Labute approximate surface area is 106 Å². The number of aryl methyl sites for hydroxylation is 1. The second kappa shape index (κ2) is 5.19. The molecule has 0 aromatic carbocycles. The molecule has 1 unspecified atom stereocenters. The molecule has 4 heteroatoms. The van der Waals surface area contributed by atoms with Crippen molar-refractivity contribution in [1.82, 2.24) is 4.98 Å². The van der Waals surface area contributed by atoms with Crippen molar-refractivity contribution in [3.8, 4) is 0 Å². The van der Waals surface area contributed by atoms with Gasteiger partial charge in [-0.3, -0.25) is 0 Å². The SMILES string of the molecule is Cc1ccnc(NC(C)Cc2cccs2)c1N. The van der Waals surface area contributed by atoms with E-state index in [1.54, 1.807) is 17.5 Å². The summed E-state index contributed by atoms with van der Waals surface area (Å²) in [6.07, 6.45) is 2.78. The average molecular weight is 247 g/mol. The number of nitrogens with zero attached hydrogens (tertiary/aromatic N) is 1. The maximum Gasteiger partial charge on any atom is 0.149 e. The Kier molecular flexibility index (Phi) is 3.64. The van der Waals surface area contributed by atoms with Crippen LogP contribution < -0.4 is 11.1 Å². The van der Waals surface area contributed by atoms with Crippen molar-refractivity contribution in [3.05, 3.63) is 40.2 Å². The maximum absolute atomic E-state index is 5.98. The van der Waals surface area contributed by atoms with E-state index in [1.807, 2.05) is 13.0 Å². The molecule has 0 aliphatic heterocycles. The predicted molar refractivity (Wildman–Crippen MR) is 74.5 cm³/mol. The van der Waals surface area contributed by atoms with Crippen molar-refractivity contribution in [2.24, 2.45) is 0 Å². The summed E-state index contributed by atoms with van der Waals surface area (Å²) in [5.41, 5.74) is 7.78. The summed E-state index contributed by atoms with van der Waals surface area (Å²) >= 11 is 1.78. The molecule has 0 aliphatic rings. The Morgan fingerprint density at radius 2 is 2.29 bits per heavy atom. The second-order valence-electron chi connectivity index (χ2n) is 4.22. The number of nitrogens with two attached hydrogens (primary N) is 1. The van der Waals surface area contributed by atoms with Crippen LogP contribution in [0.2, 0.25) is 0 Å². The number of nitrogens with one attached hydrogen (secondary N) is 1. The van der Waals surface area contributed by atoms with Gasteiger partial charge in [-0.25, -0.2) is 4.98 Å². The van der Waals surface area contributed by atoms with Crippen molar-refractivity contribution < 1.29 is 0 Å². The first-order chi connectivity index (χ1) is 8.16. The number of pyridine rings is 1. The van der Waals surface area contributed by atoms with Crippen LogP contribution in [-0.4, -0.2) is 11.0 Å². The van der Waals surface area contributed by atoms with Crippen LogP contribution in [0.25, 0.3) is 0 Å². The minimum Gasteiger partial charge on any atom is -0.396 e. The number of nitrogen functional groups attached to an aromatic ring is 1. The quantitative estimate of drug-likeness (QED) is 0.873. The third kappa shape index (κ3) is 2.97. The van der Waals surface area contributed by atoms with Gasteiger partial charge < -0.3 is 11.1 Å². The van der Waals surface area contributed by atoms with E-state index in [4.69, 9.17) is 5.73 Å². The van der Waals surface area contributed by atoms with E-state index in [0.717, 1.165) is 23.5 Å². The van der Waals surface area contributed by atoms with Gasteiger partial charge in [0.05, 0.1) is 5.69 Å². The molecule has 0 saturated heterocycles. The van der Waals surface area contributed by atoms with Crippen LogP contribution in [0.3, 0.4) is 0 Å². The van der Waals surface area contributed by atoms with Gasteiger partial charge in [0, 0.05) is 23.5 Å². The summed E-state index contributed by atoms with van der Waals surface area (Å²) in [6.45, 7) is 4.13. The molecule has 0 amide bonds. The fourth-order valence-corrected chi connectivity index (χ4v) is 2.53. The number of anilines is 2. The van der Waals surface area contributed by atoms with Crippen molar-refractivity contribution in [2.75, 3.05) is 11.1 Å². The van der Waals surface area contributed by atoms with E-state index in [0.29, 0.717) is 6.04 Å². The fourth-order valence-electron chi connectivity index (χ4n) is 1.70. The van der Waals surface area contributed by atoms with Crippen LogP contribution in [0.5, 0.6) is 0 Å². The fraction of sp³-hybridized carbons (Fsp3) is 0.308. The molecule has 2 rings (SSSR count). The zero-order valence-corrected chi connectivity index (χ0v) is 10.9. The monoisotopic (exact) mass is 247 g/mol. The molecular weight excluding hydrogens is 230 g/mol. The van der Waals surface area contributed by atoms with Crippen LogP contribution >= 0.6 is 11.3 Å². The zero-order chi connectivity index (χ0) is 12.3. The molecule has 90 valence electrons. The first-order valence-corrected chi connectivity index (χ1v) is 6.55. The van der Waals surface area contributed by atoms with Crippen molar-refractivity contribution >= 4 is 22.8 Å². The van der Waals surface area contributed by atoms with E-state index >= 15 is 0 Å². The van der Waals surface area contributed by atoms with Crippen molar-refractivity contribution in [1.29, 1.82) is 0 Å². The van der Waals surface area contributed by atoms with Gasteiger partial charge in [-0.05, 0) is 36.9 Å². The van der Waals surface area contributed by atoms with Gasteiger partial charge in [0.2, 0.25) is 0 Å². The highest BCUT2D eigenvalue weighted by Crippen LogP contribution is 2.20. The summed E-state index contributed by atoms with van der Waals surface area (Å²) in [5, 5.41) is 5.46. The van der Waals surface area contributed by atoms with E-state index < -0.39 is 0 Å². The van der Waals surface area contributed by atoms with Crippen molar-refractivity contribution in [2.45, 2.75) is 26.3 Å². The lowest BCUT2D eigenvalue weighted by atomic mass is 10.2. The van der Waals surface area contributed by atoms with Gasteiger partial charge in [0.15, 0.2) is 0 Å². The lowest BCUT2D eigenvalue weighted by molar-refractivity contribution is 0.795. The van der Waals surface area contributed by atoms with E-state index in [-0.39, 0.29) is 0 Å². The largest absolute Gasteiger partial charge is 0.396 e. The summed E-state index contributed by atoms with van der Waals surface area (Å²) in [5.74, 6) is 0.786. The Morgan fingerprint density at radius 1 is 1.47 bits per heavy atom. The van der Waals surface area contributed by atoms with Crippen molar-refractivity contribution in [3.63, 3.8) is 0 Å². The number of rotatable bonds is 4. The Bertz CT molecular complexity index is 479. The summed E-state index contributed by atoms with van der Waals surface area (Å²) in [6, 6.07) is 6.47. The molecule has 0 radical (unpaired) electrons. The summed E-state index contributed by atoms with van der Waals surface area (Å²) in [4.78, 5) is 5.65. The highest BCUT2D eigenvalue weighted by atomic mass is 32.1. The van der Waals surface area contributed by atoms with Gasteiger partial charge in [0.25, 0.3) is 0 Å². The first kappa shape index (κ1) is 11.9. The molecule has 0 fully saturated rings. The van der Waals surface area contributed by atoms with Gasteiger partial charge in [-0.15, -0.1) is 11.3 Å². The molecule has 0 aliphatic carbocycles. The Morgan fingerprint density at radius 3 is 3.00 bits per heavy atom. The molecule has 17 heavy (non-hydrogen) atoms. The third-order valence-corrected chi connectivity index (χ3v) is 3.58. The summed E-state index contributed by atoms with van der Waals surface area (Å²) in [7, 11) is 0. The maximum atomic E-state index is 5.98. The molecule has 0 bridgehead atoms. The van der Waals surface area contributed by atoms with E-state index in [2.05, 4.69) is 34.7 Å². The Hall–Kier alpha value is -1.55. The molecule has 2 aromatic rings. The molecule has 2 aromatic heterocycles. The molecular formula is C13H17N3S. The molecule has 3 N–H and O–H groups in total. The van der Waals surface area contributed by atoms with Crippen LogP contribution in [0.4, 0.5) is 11.5 Å². The molecule has 0 saturated carbocycles. The van der Waals surface area contributed by atoms with E-state index in [9.17, 15) is 0 Å². The molecule has 0 spiro atoms. The smallest absolute Gasteiger partial charge is 0.149 e. The topological polar surface area (TPSA) is 50.9 Å². The van der Waals surface area contributed by atoms with Crippen LogP contribution in [-0.2, 0) is 6.42 Å². The Balaban J connectivity index is 2.03. The second-order valence-corrected chi connectivity index (χ2v) is 5.25. The van der Waals surface area contributed by atoms with Crippen LogP contribution in [0.15, 0.2) is 29.8 Å². The van der Waals surface area contributed by atoms with Crippen LogP contribution in [0, 0.1) is 6.92 Å². The lowest BCUT2D eigenvalue weighted by Crippen LogP contribution is -2.19. The molecule has 1 atom stereocenters. The number of hydrogen-bond acceptors (Lipinski definition) is 4. The van der Waals surface area contributed by atoms with Gasteiger partial charge in [0.1, 0.15) is 5.82 Å². The zero-order valence-electron chi connectivity index (χ0n) is 10.1. The summed E-state index contributed by atoms with van der Waals surface area (Å²) < 4.78 is 0. The highest BCUT2D eigenvalue weighted by molar-refractivity contribution is 7.09. The minimum atomic E-state index is 0.324. The van der Waals surface area contributed by atoms with Gasteiger partial charge in [-0.2, -0.15) is 0 Å². The van der Waals surface area contributed by atoms with E-state index in [1.165, 1.54) is 4.88 Å². The number of hydrogen-bond donors (Lipinski definition) is 2. The minimum absolute atomic E-state index is 0.324. The molecule has 2 heterocycles. The lowest BCUT2D eigenvalue weighted by Gasteiger charge is -2.15. The number of thiophene rings is 1. The van der Waals surface area contributed by atoms with Gasteiger partial charge >= 0.3 is 0 Å². The number of aromatic nitrogens is 1. The van der Waals surface area contributed by atoms with Gasteiger partial charge in [-0.1, -0.05) is 6.07 Å². The highest BCUT2D eigenvalue weighted by Gasteiger charge is 2.08.